The summed E-state index contributed by atoms with van der Waals surface area (Å²) in [6, 6.07) is 6.91. The topological polar surface area (TPSA) is 49.3 Å². The molecule has 2 aromatic carbocycles. The van der Waals surface area contributed by atoms with Crippen molar-refractivity contribution in [2.45, 2.75) is 0 Å². The number of carbonyl (C=O) groups excluding carboxylic acids is 1. The molecule has 0 heterocycles. The van der Waals surface area contributed by atoms with Crippen molar-refractivity contribution in [2.24, 2.45) is 0 Å². The summed E-state index contributed by atoms with van der Waals surface area (Å²) < 4.78 is 26.0. The summed E-state index contributed by atoms with van der Waals surface area (Å²) in [7, 11) is 0. The normalized spacial score (nSPS) is 10.3. The van der Waals surface area contributed by atoms with Gasteiger partial charge in [-0.1, -0.05) is 11.6 Å². The lowest BCUT2D eigenvalue weighted by molar-refractivity contribution is 0.102. The molecule has 0 aliphatic carbocycles. The molecule has 0 saturated heterocycles. The van der Waals surface area contributed by atoms with Gasteiger partial charge in [0.25, 0.3) is 5.91 Å². The number of rotatable bonds is 2. The third kappa shape index (κ3) is 3.00. The molecule has 98 valence electrons. The minimum atomic E-state index is -0.852. The van der Waals surface area contributed by atoms with Crippen LogP contribution in [0.5, 0.6) is 5.75 Å². The van der Waals surface area contributed by atoms with Crippen LogP contribution in [0.3, 0.4) is 0 Å². The van der Waals surface area contributed by atoms with Crippen LogP contribution in [-0.2, 0) is 0 Å². The molecule has 0 aliphatic heterocycles. The summed E-state index contributed by atoms with van der Waals surface area (Å²) in [6.45, 7) is 0. The fraction of sp³-hybridized carbons (Fsp3) is 0. The van der Waals surface area contributed by atoms with Crippen LogP contribution in [0, 0.1) is 11.6 Å². The molecule has 0 radical (unpaired) electrons. The van der Waals surface area contributed by atoms with Crippen molar-refractivity contribution in [3.05, 3.63) is 58.6 Å². The fourth-order valence-corrected chi connectivity index (χ4v) is 1.61. The summed E-state index contributed by atoms with van der Waals surface area (Å²) in [4.78, 5) is 11.8. The zero-order valence-corrected chi connectivity index (χ0v) is 10.2. The Bertz CT molecular complexity index is 647. The van der Waals surface area contributed by atoms with Crippen LogP contribution in [-0.4, -0.2) is 11.0 Å². The Morgan fingerprint density at radius 3 is 2.47 bits per heavy atom. The molecule has 0 bridgehead atoms. The van der Waals surface area contributed by atoms with Crippen LogP contribution in [0.4, 0.5) is 14.5 Å². The summed E-state index contributed by atoms with van der Waals surface area (Å²) >= 11 is 5.56. The molecule has 0 spiro atoms. The number of carbonyl (C=O) groups is 1. The van der Waals surface area contributed by atoms with Crippen LogP contribution in [0.15, 0.2) is 36.4 Å². The van der Waals surface area contributed by atoms with E-state index in [4.69, 9.17) is 16.7 Å². The van der Waals surface area contributed by atoms with Crippen molar-refractivity contribution in [2.75, 3.05) is 5.32 Å². The SMILES string of the molecule is O=C(Nc1ccc(O)c(F)c1)c1ccc(F)c(Cl)c1. The second-order valence-electron chi connectivity index (χ2n) is 3.75. The van der Waals surface area contributed by atoms with Gasteiger partial charge in [0.15, 0.2) is 11.6 Å². The van der Waals surface area contributed by atoms with Crippen LogP contribution in [0.1, 0.15) is 10.4 Å². The minimum absolute atomic E-state index is 0.139. The highest BCUT2D eigenvalue weighted by Crippen LogP contribution is 2.21. The fourth-order valence-electron chi connectivity index (χ4n) is 1.43. The van der Waals surface area contributed by atoms with E-state index in [9.17, 15) is 13.6 Å². The predicted octanol–water partition coefficient (Wildman–Crippen LogP) is 3.58. The Morgan fingerprint density at radius 2 is 1.84 bits per heavy atom. The molecule has 0 saturated carbocycles. The maximum absolute atomic E-state index is 13.1. The number of aromatic hydroxyl groups is 1. The standard InChI is InChI=1S/C13H8ClF2NO2/c14-9-5-7(1-3-10(9)15)13(19)17-8-2-4-12(18)11(16)6-8/h1-6,18H,(H,17,19). The molecule has 0 unspecified atom stereocenters. The molecule has 0 aromatic heterocycles. The molecule has 1 amide bonds. The van der Waals surface area contributed by atoms with E-state index in [0.717, 1.165) is 18.2 Å². The highest BCUT2D eigenvalue weighted by Gasteiger charge is 2.10. The van der Waals surface area contributed by atoms with E-state index in [1.807, 2.05) is 0 Å². The molecule has 0 fully saturated rings. The average Bonchev–Trinajstić information content (AvgIpc) is 2.37. The van der Waals surface area contributed by atoms with Gasteiger partial charge in [-0.25, -0.2) is 8.78 Å². The number of halogens is 3. The first-order chi connectivity index (χ1) is 8.97. The van der Waals surface area contributed by atoms with Gasteiger partial charge in [-0.3, -0.25) is 4.79 Å². The molecular weight excluding hydrogens is 276 g/mol. The highest BCUT2D eigenvalue weighted by atomic mass is 35.5. The average molecular weight is 284 g/mol. The summed E-state index contributed by atoms with van der Waals surface area (Å²) in [6.07, 6.45) is 0. The first kappa shape index (κ1) is 13.3. The lowest BCUT2D eigenvalue weighted by Crippen LogP contribution is -2.12. The molecule has 2 N–H and O–H groups in total. The Hall–Kier alpha value is -2.14. The maximum atomic E-state index is 13.1. The van der Waals surface area contributed by atoms with Crippen LogP contribution in [0.2, 0.25) is 5.02 Å². The van der Waals surface area contributed by atoms with Crippen LogP contribution < -0.4 is 5.32 Å². The number of phenols is 1. The predicted molar refractivity (Wildman–Crippen MR) is 67.4 cm³/mol. The lowest BCUT2D eigenvalue weighted by atomic mass is 10.2. The van der Waals surface area contributed by atoms with E-state index in [1.54, 1.807) is 0 Å². The van der Waals surface area contributed by atoms with Crippen molar-refractivity contribution in [3.8, 4) is 5.75 Å². The zero-order valence-electron chi connectivity index (χ0n) is 9.45. The first-order valence-corrected chi connectivity index (χ1v) is 5.60. The molecule has 2 rings (SSSR count). The third-order valence-corrected chi connectivity index (χ3v) is 2.68. The second-order valence-corrected chi connectivity index (χ2v) is 4.16. The highest BCUT2D eigenvalue weighted by molar-refractivity contribution is 6.31. The van der Waals surface area contributed by atoms with Crippen molar-refractivity contribution < 1.29 is 18.7 Å². The molecule has 19 heavy (non-hydrogen) atoms. The van der Waals surface area contributed by atoms with Gasteiger partial charge in [-0.05, 0) is 30.3 Å². The maximum Gasteiger partial charge on any atom is 0.255 e. The van der Waals surface area contributed by atoms with Crippen molar-refractivity contribution in [1.82, 2.24) is 0 Å². The van der Waals surface area contributed by atoms with Gasteiger partial charge in [-0.15, -0.1) is 0 Å². The number of nitrogens with one attached hydrogen (secondary N) is 1. The Labute approximate surface area is 112 Å². The van der Waals surface area contributed by atoms with Crippen LogP contribution in [0.25, 0.3) is 0 Å². The minimum Gasteiger partial charge on any atom is -0.505 e. The van der Waals surface area contributed by atoms with Gasteiger partial charge in [0.05, 0.1) is 5.02 Å². The van der Waals surface area contributed by atoms with Gasteiger partial charge in [0, 0.05) is 17.3 Å². The third-order valence-electron chi connectivity index (χ3n) is 2.39. The smallest absolute Gasteiger partial charge is 0.255 e. The Balaban J connectivity index is 2.20. The van der Waals surface area contributed by atoms with E-state index in [0.29, 0.717) is 0 Å². The number of amides is 1. The van der Waals surface area contributed by atoms with Gasteiger partial charge in [0.1, 0.15) is 5.82 Å². The Kier molecular flexibility index (Phi) is 3.66. The first-order valence-electron chi connectivity index (χ1n) is 5.22. The summed E-state index contributed by atoms with van der Waals surface area (Å²) in [5, 5.41) is 11.2. The largest absolute Gasteiger partial charge is 0.505 e. The molecule has 3 nitrogen and oxygen atoms in total. The Morgan fingerprint density at radius 1 is 1.11 bits per heavy atom. The van der Waals surface area contributed by atoms with E-state index in [1.165, 1.54) is 18.2 Å². The van der Waals surface area contributed by atoms with Gasteiger partial charge >= 0.3 is 0 Å². The van der Waals surface area contributed by atoms with E-state index >= 15 is 0 Å². The summed E-state index contributed by atoms with van der Waals surface area (Å²) in [5.41, 5.74) is 0.306. The summed E-state index contributed by atoms with van der Waals surface area (Å²) in [5.74, 6) is -2.56. The number of anilines is 1. The second kappa shape index (κ2) is 5.24. The quantitative estimate of drug-likeness (QED) is 0.828. The lowest BCUT2D eigenvalue weighted by Gasteiger charge is -2.06. The number of hydrogen-bond acceptors (Lipinski definition) is 2. The zero-order chi connectivity index (χ0) is 14.0. The number of hydrogen-bond donors (Lipinski definition) is 2. The van der Waals surface area contributed by atoms with E-state index in [-0.39, 0.29) is 16.3 Å². The molecule has 6 heteroatoms. The molecule has 0 aliphatic rings. The molecule has 0 atom stereocenters. The molecule has 2 aromatic rings. The van der Waals surface area contributed by atoms with Crippen molar-refractivity contribution in [3.63, 3.8) is 0 Å². The molecular formula is C13H8ClF2NO2. The van der Waals surface area contributed by atoms with Gasteiger partial charge < -0.3 is 10.4 Å². The van der Waals surface area contributed by atoms with Crippen molar-refractivity contribution in [1.29, 1.82) is 0 Å². The number of benzene rings is 2. The van der Waals surface area contributed by atoms with Gasteiger partial charge in [0.2, 0.25) is 0 Å². The van der Waals surface area contributed by atoms with Crippen molar-refractivity contribution >= 4 is 23.2 Å². The van der Waals surface area contributed by atoms with Gasteiger partial charge in [-0.2, -0.15) is 0 Å². The number of phenolic OH excluding ortho intramolecular Hbond substituents is 1. The monoisotopic (exact) mass is 283 g/mol. The van der Waals surface area contributed by atoms with E-state index in [2.05, 4.69) is 5.32 Å². The van der Waals surface area contributed by atoms with E-state index < -0.39 is 23.3 Å². The van der Waals surface area contributed by atoms with Crippen LogP contribution >= 0.6 is 11.6 Å².